The summed E-state index contributed by atoms with van der Waals surface area (Å²) in [6.45, 7) is 2.48. The Morgan fingerprint density at radius 1 is 1.16 bits per heavy atom. The first-order chi connectivity index (χ1) is 12.2. The number of anilines is 1. The Hall–Kier alpha value is -2.99. The van der Waals surface area contributed by atoms with Gasteiger partial charge in [-0.15, -0.1) is 11.3 Å². The van der Waals surface area contributed by atoms with Gasteiger partial charge in [-0.1, -0.05) is 24.3 Å². The average Bonchev–Trinajstić information content (AvgIpc) is 3.08. The number of thiophene rings is 1. The topological polar surface area (TPSA) is 54.7 Å². The smallest absolute Gasteiger partial charge is 0.268 e. The van der Waals surface area contributed by atoms with E-state index in [1.807, 2.05) is 43.3 Å². The molecule has 0 fully saturated rings. The fraction of sp³-hybridized carbons (Fsp3) is 0.105. The zero-order valence-corrected chi connectivity index (χ0v) is 14.4. The van der Waals surface area contributed by atoms with Gasteiger partial charge >= 0.3 is 0 Å². The van der Waals surface area contributed by atoms with Crippen LogP contribution in [-0.4, -0.2) is 21.8 Å². The van der Waals surface area contributed by atoms with Crippen LogP contribution in [0.4, 0.5) is 5.69 Å². The van der Waals surface area contributed by atoms with Crippen LogP contribution in [0.5, 0.6) is 0 Å². The van der Waals surface area contributed by atoms with Crippen molar-refractivity contribution in [2.24, 2.45) is 0 Å². The second-order valence-corrected chi connectivity index (χ2v) is 6.59. The molecule has 5 nitrogen and oxygen atoms in total. The zero-order chi connectivity index (χ0) is 17.4. The Morgan fingerprint density at radius 3 is 2.68 bits per heavy atom. The second kappa shape index (κ2) is 6.14. The van der Waals surface area contributed by atoms with Crippen LogP contribution < -0.4 is 10.5 Å². The van der Waals surface area contributed by atoms with Gasteiger partial charge < -0.3 is 4.90 Å². The van der Waals surface area contributed by atoms with E-state index in [1.165, 1.54) is 15.7 Å². The molecule has 1 aromatic carbocycles. The average molecular weight is 349 g/mol. The van der Waals surface area contributed by atoms with Crippen LogP contribution >= 0.6 is 11.3 Å². The molecule has 4 aromatic rings. The molecule has 0 aliphatic rings. The molecule has 0 unspecified atom stereocenters. The van der Waals surface area contributed by atoms with Crippen LogP contribution in [0.2, 0.25) is 0 Å². The van der Waals surface area contributed by atoms with E-state index in [0.717, 1.165) is 5.69 Å². The van der Waals surface area contributed by atoms with Crippen molar-refractivity contribution in [1.82, 2.24) is 9.38 Å². The van der Waals surface area contributed by atoms with Crippen molar-refractivity contribution < 1.29 is 4.79 Å². The molecule has 25 heavy (non-hydrogen) atoms. The molecule has 0 radical (unpaired) electrons. The minimum atomic E-state index is -0.154. The maximum Gasteiger partial charge on any atom is 0.268 e. The third-order valence-electron chi connectivity index (χ3n) is 4.06. The number of carbonyl (C=O) groups excluding carboxylic acids is 1. The summed E-state index contributed by atoms with van der Waals surface area (Å²) in [4.78, 5) is 32.9. The first-order valence-electron chi connectivity index (χ1n) is 7.97. The summed E-state index contributed by atoms with van der Waals surface area (Å²) in [5, 5.41) is 0.473. The summed E-state index contributed by atoms with van der Waals surface area (Å²) >= 11 is 1.26. The lowest BCUT2D eigenvalue weighted by atomic mass is 10.2. The highest BCUT2D eigenvalue weighted by Gasteiger charge is 2.20. The normalized spacial score (nSPS) is 11.1. The lowest BCUT2D eigenvalue weighted by Gasteiger charge is -2.20. The van der Waals surface area contributed by atoms with Gasteiger partial charge in [-0.2, -0.15) is 0 Å². The van der Waals surface area contributed by atoms with Crippen LogP contribution in [0.3, 0.4) is 0 Å². The van der Waals surface area contributed by atoms with Gasteiger partial charge in [0, 0.05) is 18.4 Å². The quantitative estimate of drug-likeness (QED) is 0.568. The lowest BCUT2D eigenvalue weighted by Crippen LogP contribution is -2.29. The number of para-hydroxylation sites is 1. The molecule has 3 heterocycles. The molecular formula is C19H15N3O2S. The van der Waals surface area contributed by atoms with E-state index in [-0.39, 0.29) is 11.5 Å². The van der Waals surface area contributed by atoms with Crippen LogP contribution in [0.1, 0.15) is 16.6 Å². The largest absolute Gasteiger partial charge is 0.308 e. The van der Waals surface area contributed by atoms with E-state index >= 15 is 0 Å². The Kier molecular flexibility index (Phi) is 3.82. The van der Waals surface area contributed by atoms with Crippen LogP contribution in [0.15, 0.2) is 65.6 Å². The van der Waals surface area contributed by atoms with Crippen LogP contribution in [0.25, 0.3) is 15.9 Å². The highest BCUT2D eigenvalue weighted by Crippen LogP contribution is 2.25. The molecule has 4 rings (SSSR count). The first-order valence-corrected chi connectivity index (χ1v) is 8.78. The molecule has 6 heteroatoms. The summed E-state index contributed by atoms with van der Waals surface area (Å²) in [6.07, 6.45) is 1.69. The van der Waals surface area contributed by atoms with E-state index in [0.29, 0.717) is 27.3 Å². The molecule has 1 amide bonds. The second-order valence-electron chi connectivity index (χ2n) is 5.56. The van der Waals surface area contributed by atoms with Crippen molar-refractivity contribution in [3.63, 3.8) is 0 Å². The van der Waals surface area contributed by atoms with Gasteiger partial charge in [-0.3, -0.25) is 14.0 Å². The zero-order valence-electron chi connectivity index (χ0n) is 13.5. The molecule has 0 aliphatic carbocycles. The Morgan fingerprint density at radius 2 is 1.92 bits per heavy atom. The van der Waals surface area contributed by atoms with E-state index in [2.05, 4.69) is 4.98 Å². The number of benzene rings is 1. The number of amides is 1. The fourth-order valence-electron chi connectivity index (χ4n) is 2.84. The lowest BCUT2D eigenvalue weighted by molar-refractivity contribution is 0.0992. The van der Waals surface area contributed by atoms with E-state index < -0.39 is 0 Å². The summed E-state index contributed by atoms with van der Waals surface area (Å²) in [7, 11) is 0. The van der Waals surface area contributed by atoms with Gasteiger partial charge in [0.05, 0.1) is 10.3 Å². The number of rotatable bonds is 3. The number of pyridine rings is 1. The van der Waals surface area contributed by atoms with E-state index in [1.54, 1.807) is 29.3 Å². The first kappa shape index (κ1) is 15.5. The van der Waals surface area contributed by atoms with Gasteiger partial charge in [0.25, 0.3) is 11.5 Å². The molecule has 0 saturated heterocycles. The standard InChI is InChI=1S/C19H15N3O2S/c1-2-21(13-8-4-3-5-9-13)19(24)15-12-14-17(25-15)20-16-10-6-7-11-22(16)18(14)23/h3-12H,2H2,1H3. The molecule has 0 atom stereocenters. The van der Waals surface area contributed by atoms with Gasteiger partial charge in [-0.25, -0.2) is 4.98 Å². The third-order valence-corrected chi connectivity index (χ3v) is 5.07. The minimum absolute atomic E-state index is 0.120. The Bertz CT molecular complexity index is 1130. The summed E-state index contributed by atoms with van der Waals surface area (Å²) in [6, 6.07) is 16.6. The molecule has 0 spiro atoms. The molecule has 124 valence electrons. The summed E-state index contributed by atoms with van der Waals surface area (Å²) < 4.78 is 1.50. The van der Waals surface area contributed by atoms with E-state index in [4.69, 9.17) is 0 Å². The number of hydrogen-bond donors (Lipinski definition) is 0. The maximum atomic E-state index is 13.0. The molecule has 0 bridgehead atoms. The van der Waals surface area contributed by atoms with Gasteiger partial charge in [0.1, 0.15) is 10.5 Å². The predicted molar refractivity (Wildman–Crippen MR) is 101 cm³/mol. The molecule has 0 N–H and O–H groups in total. The van der Waals surface area contributed by atoms with Crippen molar-refractivity contribution in [2.75, 3.05) is 11.4 Å². The highest BCUT2D eigenvalue weighted by atomic mass is 32.1. The molecule has 0 aliphatic heterocycles. The molecule has 0 saturated carbocycles. The van der Waals surface area contributed by atoms with Gasteiger partial charge in [-0.05, 0) is 37.3 Å². The Balaban J connectivity index is 1.84. The highest BCUT2D eigenvalue weighted by molar-refractivity contribution is 7.20. The van der Waals surface area contributed by atoms with Crippen molar-refractivity contribution in [3.8, 4) is 0 Å². The van der Waals surface area contributed by atoms with Crippen molar-refractivity contribution in [3.05, 3.63) is 76.0 Å². The molecular weight excluding hydrogens is 334 g/mol. The van der Waals surface area contributed by atoms with Crippen molar-refractivity contribution >= 4 is 38.8 Å². The number of fused-ring (bicyclic) bond motifs is 2. The van der Waals surface area contributed by atoms with Gasteiger partial charge in [0.2, 0.25) is 0 Å². The minimum Gasteiger partial charge on any atom is -0.308 e. The number of carbonyl (C=O) groups is 1. The van der Waals surface area contributed by atoms with Crippen LogP contribution in [-0.2, 0) is 0 Å². The Labute approximate surface area is 147 Å². The maximum absolute atomic E-state index is 13.0. The number of hydrogen-bond acceptors (Lipinski definition) is 4. The van der Waals surface area contributed by atoms with Crippen LogP contribution in [0, 0.1) is 0 Å². The monoisotopic (exact) mass is 349 g/mol. The third kappa shape index (κ3) is 2.60. The molecule has 3 aromatic heterocycles. The van der Waals surface area contributed by atoms with E-state index in [9.17, 15) is 9.59 Å². The van der Waals surface area contributed by atoms with Crippen molar-refractivity contribution in [2.45, 2.75) is 6.92 Å². The van der Waals surface area contributed by atoms with Gasteiger partial charge in [0.15, 0.2) is 0 Å². The van der Waals surface area contributed by atoms with Crippen molar-refractivity contribution in [1.29, 1.82) is 0 Å². The summed E-state index contributed by atoms with van der Waals surface area (Å²) in [5.74, 6) is -0.120. The fourth-order valence-corrected chi connectivity index (χ4v) is 3.82. The predicted octanol–water partition coefficient (Wildman–Crippen LogP) is 3.58. The number of aromatic nitrogens is 2. The number of nitrogens with zero attached hydrogens (tertiary/aromatic N) is 3. The SMILES string of the molecule is CCN(C(=O)c1cc2c(=O)n3ccccc3nc2s1)c1ccccc1. The summed E-state index contributed by atoms with van der Waals surface area (Å²) in [5.41, 5.74) is 1.26.